The van der Waals surface area contributed by atoms with Gasteiger partial charge in [0.15, 0.2) is 5.16 Å². The Kier molecular flexibility index (Phi) is 6.09. The minimum atomic E-state index is -0.208. The highest BCUT2D eigenvalue weighted by Crippen LogP contribution is 2.35. The first-order valence-corrected chi connectivity index (χ1v) is 11.8. The first-order valence-electron chi connectivity index (χ1n) is 9.67. The van der Waals surface area contributed by atoms with Crippen molar-refractivity contribution in [3.63, 3.8) is 0 Å². The van der Waals surface area contributed by atoms with Crippen LogP contribution in [0.1, 0.15) is 28.8 Å². The zero-order chi connectivity index (χ0) is 21.4. The molecule has 4 rings (SSSR count). The maximum atomic E-state index is 13.0. The number of nitrogens with zero attached hydrogens (tertiary/aromatic N) is 2. The number of amides is 1. The molecule has 0 atom stereocenters. The molecule has 0 spiro atoms. The van der Waals surface area contributed by atoms with E-state index in [0.29, 0.717) is 21.6 Å². The summed E-state index contributed by atoms with van der Waals surface area (Å²) in [7, 11) is 3.24. The van der Waals surface area contributed by atoms with Gasteiger partial charge in [0.05, 0.1) is 23.9 Å². The van der Waals surface area contributed by atoms with Gasteiger partial charge >= 0.3 is 0 Å². The summed E-state index contributed by atoms with van der Waals surface area (Å²) in [6.45, 7) is 1.86. The van der Waals surface area contributed by atoms with Crippen molar-refractivity contribution >= 4 is 56.5 Å². The summed E-state index contributed by atoms with van der Waals surface area (Å²) in [6.07, 6.45) is 4.25. The topological polar surface area (TPSA) is 73.2 Å². The number of methoxy groups -OCH3 is 1. The predicted molar refractivity (Wildman–Crippen MR) is 124 cm³/mol. The van der Waals surface area contributed by atoms with Crippen molar-refractivity contribution < 1.29 is 9.53 Å². The van der Waals surface area contributed by atoms with Crippen LogP contribution >= 0.6 is 34.7 Å². The van der Waals surface area contributed by atoms with Crippen molar-refractivity contribution in [3.05, 3.63) is 43.5 Å². The van der Waals surface area contributed by atoms with E-state index < -0.39 is 0 Å². The standard InChI is InChI=1S/C21H22ClN3O3S2/c1-11-8-14(15(28-3)9-13(11)22)23-17(26)10-29-21-24-19-18(20(27)25(21)2)12-6-4-5-7-16(12)30-19/h8-9H,4-7,10H2,1-3H3,(H,23,26). The largest absolute Gasteiger partial charge is 0.495 e. The second kappa shape index (κ2) is 8.61. The number of ether oxygens (including phenoxy) is 1. The molecule has 1 aliphatic carbocycles. The number of carbonyl (C=O) groups is 1. The van der Waals surface area contributed by atoms with E-state index in [1.54, 1.807) is 35.1 Å². The van der Waals surface area contributed by atoms with E-state index in [2.05, 4.69) is 5.32 Å². The number of carbonyl (C=O) groups excluding carboxylic acids is 1. The third-order valence-corrected chi connectivity index (χ3v) is 7.87. The molecule has 0 aliphatic heterocycles. The van der Waals surface area contributed by atoms with E-state index in [-0.39, 0.29) is 17.2 Å². The van der Waals surface area contributed by atoms with Crippen molar-refractivity contribution in [2.24, 2.45) is 7.05 Å². The molecule has 0 bridgehead atoms. The third kappa shape index (κ3) is 3.96. The second-order valence-corrected chi connectivity index (χ2v) is 9.72. The molecular weight excluding hydrogens is 442 g/mol. The Morgan fingerprint density at radius 2 is 2.13 bits per heavy atom. The molecule has 2 heterocycles. The monoisotopic (exact) mass is 463 g/mol. The van der Waals surface area contributed by atoms with Crippen molar-refractivity contribution in [2.45, 2.75) is 37.8 Å². The van der Waals surface area contributed by atoms with Crippen LogP contribution in [0.2, 0.25) is 5.02 Å². The summed E-state index contributed by atoms with van der Waals surface area (Å²) in [6, 6.07) is 3.46. The van der Waals surface area contributed by atoms with Gasteiger partial charge in [-0.05, 0) is 49.8 Å². The molecule has 158 valence electrons. The number of halogens is 1. The van der Waals surface area contributed by atoms with E-state index >= 15 is 0 Å². The zero-order valence-electron chi connectivity index (χ0n) is 17.0. The van der Waals surface area contributed by atoms with Gasteiger partial charge in [0.1, 0.15) is 10.6 Å². The van der Waals surface area contributed by atoms with Crippen molar-refractivity contribution in [2.75, 3.05) is 18.2 Å². The third-order valence-electron chi connectivity index (χ3n) is 5.24. The van der Waals surface area contributed by atoms with Crippen molar-refractivity contribution in [1.82, 2.24) is 9.55 Å². The van der Waals surface area contributed by atoms with E-state index in [9.17, 15) is 9.59 Å². The molecule has 0 fully saturated rings. The number of fused-ring (bicyclic) bond motifs is 3. The number of thiophene rings is 1. The number of benzene rings is 1. The first-order chi connectivity index (χ1) is 14.4. The molecule has 1 aliphatic rings. The first kappa shape index (κ1) is 21.2. The number of aryl methyl sites for hydroxylation is 3. The van der Waals surface area contributed by atoms with Gasteiger partial charge in [-0.3, -0.25) is 14.2 Å². The van der Waals surface area contributed by atoms with Crippen molar-refractivity contribution in [1.29, 1.82) is 0 Å². The number of hydrogen-bond donors (Lipinski definition) is 1. The molecule has 9 heteroatoms. The Bertz CT molecular complexity index is 1200. The van der Waals surface area contributed by atoms with E-state index in [4.69, 9.17) is 21.3 Å². The lowest BCUT2D eigenvalue weighted by molar-refractivity contribution is -0.113. The van der Waals surface area contributed by atoms with Gasteiger partial charge in [-0.25, -0.2) is 4.98 Å². The highest BCUT2D eigenvalue weighted by Gasteiger charge is 2.21. The molecule has 0 unspecified atom stereocenters. The van der Waals surface area contributed by atoms with Crippen LogP contribution in [0.3, 0.4) is 0 Å². The molecule has 1 amide bonds. The zero-order valence-corrected chi connectivity index (χ0v) is 19.4. The SMILES string of the molecule is COc1cc(Cl)c(C)cc1NC(=O)CSc1nc2sc3c(c2c(=O)n1C)CCCC3. The molecule has 6 nitrogen and oxygen atoms in total. The minimum Gasteiger partial charge on any atom is -0.495 e. The van der Waals surface area contributed by atoms with Crippen LogP contribution in [0, 0.1) is 6.92 Å². The normalized spacial score (nSPS) is 13.3. The summed E-state index contributed by atoms with van der Waals surface area (Å²) < 4.78 is 6.86. The maximum Gasteiger partial charge on any atom is 0.262 e. The predicted octanol–water partition coefficient (Wildman–Crippen LogP) is 4.58. The summed E-state index contributed by atoms with van der Waals surface area (Å²) in [5.74, 6) is 0.418. The Morgan fingerprint density at radius 1 is 1.37 bits per heavy atom. The van der Waals surface area contributed by atoms with Crippen LogP contribution in [0.4, 0.5) is 5.69 Å². The average molecular weight is 464 g/mol. The van der Waals surface area contributed by atoms with Crippen LogP contribution in [0.15, 0.2) is 22.1 Å². The van der Waals surface area contributed by atoms with Gasteiger partial charge in [-0.2, -0.15) is 0 Å². The van der Waals surface area contributed by atoms with E-state index in [0.717, 1.165) is 41.5 Å². The van der Waals surface area contributed by atoms with E-state index in [1.165, 1.54) is 29.3 Å². The second-order valence-electron chi connectivity index (χ2n) is 7.29. The number of aromatic nitrogens is 2. The fourth-order valence-electron chi connectivity index (χ4n) is 3.64. The summed E-state index contributed by atoms with van der Waals surface area (Å²) in [5.41, 5.74) is 2.55. The molecule has 2 aromatic heterocycles. The summed E-state index contributed by atoms with van der Waals surface area (Å²) in [4.78, 5) is 32.3. The fraction of sp³-hybridized carbons (Fsp3) is 0.381. The molecule has 0 radical (unpaired) electrons. The van der Waals surface area contributed by atoms with Crippen LogP contribution in [0.5, 0.6) is 5.75 Å². The van der Waals surface area contributed by atoms with E-state index in [1.807, 2.05) is 6.92 Å². The Morgan fingerprint density at radius 3 is 2.90 bits per heavy atom. The number of thioether (sulfide) groups is 1. The summed E-state index contributed by atoms with van der Waals surface area (Å²) >= 11 is 8.99. The highest BCUT2D eigenvalue weighted by atomic mass is 35.5. The van der Waals surface area contributed by atoms with Gasteiger partial charge < -0.3 is 10.1 Å². The van der Waals surface area contributed by atoms with Crippen LogP contribution in [-0.2, 0) is 24.7 Å². The molecule has 1 N–H and O–H groups in total. The maximum absolute atomic E-state index is 13.0. The number of rotatable bonds is 5. The molecule has 3 aromatic rings. The number of nitrogens with one attached hydrogen (secondary N) is 1. The Hall–Kier alpha value is -2.03. The average Bonchev–Trinajstić information content (AvgIpc) is 3.10. The molecular formula is C21H22ClN3O3S2. The quantitative estimate of drug-likeness (QED) is 0.443. The molecule has 30 heavy (non-hydrogen) atoms. The van der Waals surface area contributed by atoms with Crippen molar-refractivity contribution in [3.8, 4) is 5.75 Å². The van der Waals surface area contributed by atoms with Gasteiger partial charge in [0.2, 0.25) is 5.91 Å². The summed E-state index contributed by atoms with van der Waals surface area (Å²) in [5, 5.41) is 4.73. The Balaban J connectivity index is 1.54. The lowest BCUT2D eigenvalue weighted by atomic mass is 9.97. The fourth-order valence-corrected chi connectivity index (χ4v) is 5.87. The van der Waals surface area contributed by atoms with Gasteiger partial charge in [-0.15, -0.1) is 11.3 Å². The highest BCUT2D eigenvalue weighted by molar-refractivity contribution is 7.99. The molecule has 0 saturated carbocycles. The smallest absolute Gasteiger partial charge is 0.262 e. The lowest BCUT2D eigenvalue weighted by Gasteiger charge is -2.13. The minimum absolute atomic E-state index is 0.0303. The number of hydrogen-bond acceptors (Lipinski definition) is 6. The molecule has 0 saturated heterocycles. The Labute approximate surface area is 187 Å². The van der Waals surface area contributed by atoms with Gasteiger partial charge in [0, 0.05) is 23.0 Å². The van der Waals surface area contributed by atoms with Crippen LogP contribution < -0.4 is 15.6 Å². The molecule has 1 aromatic carbocycles. The van der Waals surface area contributed by atoms with Gasteiger partial charge in [-0.1, -0.05) is 23.4 Å². The van der Waals surface area contributed by atoms with Crippen LogP contribution in [-0.4, -0.2) is 28.3 Å². The number of anilines is 1. The van der Waals surface area contributed by atoms with Gasteiger partial charge in [0.25, 0.3) is 5.56 Å². The lowest BCUT2D eigenvalue weighted by Crippen LogP contribution is -2.22. The van der Waals surface area contributed by atoms with Crippen LogP contribution in [0.25, 0.3) is 10.2 Å².